The normalized spacial score (nSPS) is 15.4. The van der Waals surface area contributed by atoms with Gasteiger partial charge in [-0.25, -0.2) is 9.97 Å². The Kier molecular flexibility index (Phi) is 4.74. The summed E-state index contributed by atoms with van der Waals surface area (Å²) in [4.78, 5) is 35.1. The first-order valence-electron chi connectivity index (χ1n) is 10.8. The van der Waals surface area contributed by atoms with Gasteiger partial charge in [-0.05, 0) is 25.3 Å². The number of hydrogen-bond donors (Lipinski definition) is 0. The van der Waals surface area contributed by atoms with E-state index in [1.54, 1.807) is 24.3 Å². The smallest absolute Gasteiger partial charge is 0.297 e. The van der Waals surface area contributed by atoms with Crippen LogP contribution in [0.4, 0.5) is 0 Å². The molecule has 0 aliphatic carbocycles. The molecule has 0 atom stereocenters. The van der Waals surface area contributed by atoms with Crippen LogP contribution in [0.15, 0.2) is 45.9 Å². The highest BCUT2D eigenvalue weighted by atomic mass is 16.5. The van der Waals surface area contributed by atoms with Gasteiger partial charge in [-0.15, -0.1) is 0 Å². The molecule has 0 bridgehead atoms. The summed E-state index contributed by atoms with van der Waals surface area (Å²) in [5.41, 5.74) is 3.91. The highest BCUT2D eigenvalue weighted by Crippen LogP contribution is 2.39. The lowest BCUT2D eigenvalue weighted by Gasteiger charge is -2.33. The zero-order chi connectivity index (χ0) is 22.6. The minimum Gasteiger partial charge on any atom is -0.430 e. The summed E-state index contributed by atoms with van der Waals surface area (Å²) in [7, 11) is 0. The Hall–Kier alpha value is -3.32. The number of pyridine rings is 1. The molecule has 1 aromatic carbocycles. The Labute approximate surface area is 185 Å². The lowest BCUT2D eigenvalue weighted by Crippen LogP contribution is -2.33. The maximum Gasteiger partial charge on any atom is 0.297 e. The molecule has 0 fully saturated rings. The third kappa shape index (κ3) is 3.33. The fourth-order valence-electron chi connectivity index (χ4n) is 4.38. The summed E-state index contributed by atoms with van der Waals surface area (Å²) >= 11 is 0. The number of fused-ring (bicyclic) bond motifs is 5. The first kappa shape index (κ1) is 20.6. The van der Waals surface area contributed by atoms with Gasteiger partial charge in [0.15, 0.2) is 5.78 Å². The van der Waals surface area contributed by atoms with Gasteiger partial charge in [0.1, 0.15) is 5.52 Å². The molecule has 0 amide bonds. The van der Waals surface area contributed by atoms with Gasteiger partial charge in [-0.2, -0.15) is 0 Å². The van der Waals surface area contributed by atoms with Crippen molar-refractivity contribution in [3.05, 3.63) is 69.4 Å². The van der Waals surface area contributed by atoms with Crippen LogP contribution in [0.1, 0.15) is 60.8 Å². The van der Waals surface area contributed by atoms with Crippen LogP contribution in [-0.4, -0.2) is 25.9 Å². The summed E-state index contributed by atoms with van der Waals surface area (Å²) < 4.78 is 13.3. The second-order valence-corrected chi connectivity index (χ2v) is 9.26. The molecule has 0 unspecified atom stereocenters. The number of aromatic nitrogens is 3. The number of ketones is 1. The predicted molar refractivity (Wildman–Crippen MR) is 121 cm³/mol. The van der Waals surface area contributed by atoms with E-state index in [0.717, 1.165) is 22.2 Å². The molecule has 0 radical (unpaired) electrons. The van der Waals surface area contributed by atoms with Crippen molar-refractivity contribution >= 4 is 28.0 Å². The van der Waals surface area contributed by atoms with Crippen LogP contribution < -0.4 is 5.56 Å². The van der Waals surface area contributed by atoms with Crippen LogP contribution in [0.5, 0.6) is 0 Å². The summed E-state index contributed by atoms with van der Waals surface area (Å²) in [6.45, 7) is 8.62. The molecule has 164 valence electrons. The van der Waals surface area contributed by atoms with Crippen molar-refractivity contribution < 1.29 is 13.9 Å². The Morgan fingerprint density at radius 3 is 2.66 bits per heavy atom. The van der Waals surface area contributed by atoms with Crippen LogP contribution in [0, 0.1) is 0 Å². The molecule has 5 rings (SSSR count). The van der Waals surface area contributed by atoms with E-state index in [1.807, 2.05) is 6.07 Å². The largest absolute Gasteiger partial charge is 0.430 e. The number of nitrogens with zero attached hydrogens (tertiary/aromatic N) is 3. The summed E-state index contributed by atoms with van der Waals surface area (Å²) in [6, 6.07) is 8.89. The lowest BCUT2D eigenvalue weighted by molar-refractivity contribution is -0.0402. The van der Waals surface area contributed by atoms with Crippen LogP contribution in [-0.2, 0) is 24.3 Å². The summed E-state index contributed by atoms with van der Waals surface area (Å²) in [5.74, 6) is 0.0146. The highest BCUT2D eigenvalue weighted by Gasteiger charge is 2.33. The van der Waals surface area contributed by atoms with E-state index in [2.05, 4.69) is 32.7 Å². The van der Waals surface area contributed by atoms with Gasteiger partial charge in [0, 0.05) is 17.5 Å². The van der Waals surface area contributed by atoms with Gasteiger partial charge in [0.05, 0.1) is 36.2 Å². The molecule has 0 spiro atoms. The fraction of sp³-hybridized carbons (Fsp3) is 0.360. The maximum absolute atomic E-state index is 13.2. The van der Waals surface area contributed by atoms with Crippen LogP contribution >= 0.6 is 0 Å². The van der Waals surface area contributed by atoms with Crippen molar-refractivity contribution in [2.75, 3.05) is 0 Å². The van der Waals surface area contributed by atoms with Crippen molar-refractivity contribution in [2.45, 2.75) is 58.8 Å². The van der Waals surface area contributed by atoms with Gasteiger partial charge < -0.3 is 9.15 Å². The van der Waals surface area contributed by atoms with E-state index in [0.29, 0.717) is 29.8 Å². The van der Waals surface area contributed by atoms with E-state index in [9.17, 15) is 9.59 Å². The van der Waals surface area contributed by atoms with Crippen molar-refractivity contribution in [3.63, 3.8) is 0 Å². The van der Waals surface area contributed by atoms with Crippen molar-refractivity contribution in [1.82, 2.24) is 14.5 Å². The van der Waals surface area contributed by atoms with E-state index >= 15 is 0 Å². The standard InChI is InChI=1S/C25H25N3O4/c1-14(2)20-17-12-31-25(3,4)10-16(17)19-21-22(32-23(19)27-20)24(30)28(13-26-21)11-18(29)15-8-6-5-7-9-15/h5-9,13-14H,10-12H2,1-4H3. The van der Waals surface area contributed by atoms with Gasteiger partial charge in [0.25, 0.3) is 5.56 Å². The number of hydrogen-bond acceptors (Lipinski definition) is 6. The molecule has 1 aliphatic heterocycles. The first-order chi connectivity index (χ1) is 15.2. The number of carbonyl (C=O) groups is 1. The predicted octanol–water partition coefficient (Wildman–Crippen LogP) is 4.40. The van der Waals surface area contributed by atoms with Crippen molar-refractivity contribution in [3.8, 4) is 0 Å². The van der Waals surface area contributed by atoms with Crippen molar-refractivity contribution in [2.24, 2.45) is 0 Å². The molecule has 0 saturated heterocycles. The molecule has 0 saturated carbocycles. The van der Waals surface area contributed by atoms with Gasteiger partial charge in [-0.3, -0.25) is 14.2 Å². The molecular weight excluding hydrogens is 406 g/mol. The summed E-state index contributed by atoms with van der Waals surface area (Å²) in [5, 5.41) is 0.773. The van der Waals surface area contributed by atoms with Crippen molar-refractivity contribution in [1.29, 1.82) is 0 Å². The monoisotopic (exact) mass is 431 g/mol. The number of ether oxygens (including phenoxy) is 1. The van der Waals surface area contributed by atoms with Crippen LogP contribution in [0.3, 0.4) is 0 Å². The zero-order valence-electron chi connectivity index (χ0n) is 18.6. The fourth-order valence-corrected chi connectivity index (χ4v) is 4.38. The zero-order valence-corrected chi connectivity index (χ0v) is 18.6. The average molecular weight is 431 g/mol. The first-order valence-corrected chi connectivity index (χ1v) is 10.8. The second kappa shape index (κ2) is 7.38. The van der Waals surface area contributed by atoms with E-state index < -0.39 is 0 Å². The van der Waals surface area contributed by atoms with Crippen LogP contribution in [0.25, 0.3) is 22.2 Å². The Balaban J connectivity index is 1.68. The van der Waals surface area contributed by atoms with Gasteiger partial charge >= 0.3 is 0 Å². The van der Waals surface area contributed by atoms with Gasteiger partial charge in [0.2, 0.25) is 11.3 Å². The SMILES string of the molecule is CC(C)c1nc2oc3c(=O)n(CC(=O)c4ccccc4)cnc3c2c2c1COC(C)(C)C2. The number of furan rings is 1. The number of benzene rings is 1. The summed E-state index contributed by atoms with van der Waals surface area (Å²) in [6.07, 6.45) is 2.10. The molecule has 4 aromatic rings. The average Bonchev–Trinajstić information content (AvgIpc) is 3.14. The third-order valence-corrected chi connectivity index (χ3v) is 6.01. The van der Waals surface area contributed by atoms with E-state index in [4.69, 9.17) is 14.1 Å². The minimum atomic E-state index is -0.386. The molecule has 7 heteroatoms. The number of carbonyl (C=O) groups excluding carboxylic acids is 1. The molecule has 3 aromatic heterocycles. The molecule has 4 heterocycles. The molecule has 7 nitrogen and oxygen atoms in total. The van der Waals surface area contributed by atoms with Crippen LogP contribution in [0.2, 0.25) is 0 Å². The van der Waals surface area contributed by atoms with E-state index in [-0.39, 0.29) is 35.0 Å². The second-order valence-electron chi connectivity index (χ2n) is 9.26. The molecule has 32 heavy (non-hydrogen) atoms. The maximum atomic E-state index is 13.2. The van der Waals surface area contributed by atoms with Gasteiger partial charge in [-0.1, -0.05) is 44.2 Å². The lowest BCUT2D eigenvalue weighted by atomic mass is 9.87. The third-order valence-electron chi connectivity index (χ3n) is 6.01. The topological polar surface area (TPSA) is 87.2 Å². The van der Waals surface area contributed by atoms with E-state index in [1.165, 1.54) is 10.9 Å². The molecular formula is C25H25N3O4. The Morgan fingerprint density at radius 1 is 1.19 bits per heavy atom. The molecule has 0 N–H and O–H groups in total. The Morgan fingerprint density at radius 2 is 1.94 bits per heavy atom. The number of rotatable bonds is 4. The molecule has 1 aliphatic rings. The minimum absolute atomic E-state index is 0.105. The quantitative estimate of drug-likeness (QED) is 0.445. The Bertz CT molecular complexity index is 1410. The highest BCUT2D eigenvalue weighted by molar-refractivity contribution is 6.03. The number of Topliss-reactive ketones (excluding diaryl/α,β-unsaturated/α-hetero) is 1.